The van der Waals surface area contributed by atoms with E-state index in [-0.39, 0.29) is 5.56 Å². The van der Waals surface area contributed by atoms with E-state index in [1.807, 2.05) is 11.0 Å². The predicted octanol–water partition coefficient (Wildman–Crippen LogP) is 0.604. The molecule has 0 radical (unpaired) electrons. The number of hydrogen-bond donors (Lipinski definition) is 1. The number of benzene rings is 1. The topological polar surface area (TPSA) is 83.2 Å². The maximum absolute atomic E-state index is 12.6. The monoisotopic (exact) mass is 325 g/mol. The Hall–Kier alpha value is -2.85. The van der Waals surface area contributed by atoms with Gasteiger partial charge in [-0.3, -0.25) is 4.79 Å². The number of ether oxygens (including phenoxy) is 1. The Morgan fingerprint density at radius 1 is 1.29 bits per heavy atom. The van der Waals surface area contributed by atoms with Crippen molar-refractivity contribution in [2.75, 3.05) is 37.7 Å². The van der Waals surface area contributed by atoms with Gasteiger partial charge in [-0.15, -0.1) is 0 Å². The Kier molecular flexibility index (Phi) is 5.08. The van der Waals surface area contributed by atoms with Crippen LogP contribution in [0.15, 0.2) is 41.5 Å². The highest BCUT2D eigenvalue weighted by Gasteiger charge is 2.16. The number of rotatable bonds is 5. The van der Waals surface area contributed by atoms with Crippen molar-refractivity contribution >= 4 is 5.82 Å². The molecule has 1 aromatic carbocycles. The van der Waals surface area contributed by atoms with Crippen molar-refractivity contribution in [1.29, 1.82) is 5.26 Å². The number of aromatic nitrogens is 2. The lowest BCUT2D eigenvalue weighted by Crippen LogP contribution is -2.46. The number of anilines is 1. The normalized spacial score (nSPS) is 14.2. The van der Waals surface area contributed by atoms with E-state index in [2.05, 4.69) is 16.4 Å². The van der Waals surface area contributed by atoms with Gasteiger partial charge < -0.3 is 19.5 Å². The van der Waals surface area contributed by atoms with E-state index in [4.69, 9.17) is 10.00 Å². The number of nitrogens with one attached hydrogen (secondary N) is 1. The van der Waals surface area contributed by atoms with Crippen LogP contribution in [0.4, 0.5) is 5.82 Å². The molecular weight excluding hydrogens is 306 g/mol. The second-order valence-corrected chi connectivity index (χ2v) is 5.44. The third kappa shape index (κ3) is 3.55. The van der Waals surface area contributed by atoms with E-state index in [9.17, 15) is 4.79 Å². The SMILES string of the molecule is N#Cc1ccccc1OCCn1ccnc(N2CCNCC2)c1=O. The number of para-hydroxylation sites is 1. The molecule has 7 heteroatoms. The molecule has 0 saturated carbocycles. The zero-order chi connectivity index (χ0) is 16.8. The lowest BCUT2D eigenvalue weighted by Gasteiger charge is -2.27. The fourth-order valence-electron chi connectivity index (χ4n) is 2.64. The van der Waals surface area contributed by atoms with Gasteiger partial charge in [0, 0.05) is 38.6 Å². The quantitative estimate of drug-likeness (QED) is 0.867. The van der Waals surface area contributed by atoms with Crippen molar-refractivity contribution in [3.8, 4) is 11.8 Å². The van der Waals surface area contributed by atoms with E-state index in [0.29, 0.717) is 30.3 Å². The number of hydrogen-bond acceptors (Lipinski definition) is 6. The van der Waals surface area contributed by atoms with Gasteiger partial charge in [0.05, 0.1) is 12.1 Å². The molecule has 1 saturated heterocycles. The Morgan fingerprint density at radius 2 is 2.08 bits per heavy atom. The Morgan fingerprint density at radius 3 is 2.88 bits per heavy atom. The van der Waals surface area contributed by atoms with Crippen LogP contribution in [-0.2, 0) is 6.54 Å². The summed E-state index contributed by atoms with van der Waals surface area (Å²) in [5, 5.41) is 12.3. The van der Waals surface area contributed by atoms with E-state index >= 15 is 0 Å². The van der Waals surface area contributed by atoms with E-state index in [1.54, 1.807) is 35.2 Å². The lowest BCUT2D eigenvalue weighted by molar-refractivity contribution is 0.295. The van der Waals surface area contributed by atoms with Crippen molar-refractivity contribution < 1.29 is 4.74 Å². The Bertz CT molecular complexity index is 790. The minimum absolute atomic E-state index is 0.114. The standard InChI is InChI=1S/C17H19N5O2/c18-13-14-3-1-2-4-15(14)24-12-11-22-10-7-20-16(17(22)23)21-8-5-19-6-9-21/h1-4,7,10,19H,5-6,8-9,11-12H2. The number of nitriles is 1. The molecule has 124 valence electrons. The molecule has 0 aliphatic carbocycles. The molecule has 2 aromatic rings. The van der Waals surface area contributed by atoms with Gasteiger partial charge >= 0.3 is 0 Å². The van der Waals surface area contributed by atoms with Crippen LogP contribution in [0.2, 0.25) is 0 Å². The molecule has 0 atom stereocenters. The van der Waals surface area contributed by atoms with Gasteiger partial charge in [-0.05, 0) is 12.1 Å². The summed E-state index contributed by atoms with van der Waals surface area (Å²) in [6.45, 7) is 3.97. The zero-order valence-corrected chi connectivity index (χ0v) is 13.3. The van der Waals surface area contributed by atoms with Crippen LogP contribution in [-0.4, -0.2) is 42.3 Å². The first kappa shape index (κ1) is 16.0. The maximum atomic E-state index is 12.6. The van der Waals surface area contributed by atoms with Crippen LogP contribution < -0.4 is 20.5 Å². The molecule has 7 nitrogen and oxygen atoms in total. The van der Waals surface area contributed by atoms with E-state index in [0.717, 1.165) is 26.2 Å². The fourth-order valence-corrected chi connectivity index (χ4v) is 2.64. The summed E-state index contributed by atoms with van der Waals surface area (Å²) in [5.74, 6) is 1.01. The second-order valence-electron chi connectivity index (χ2n) is 5.44. The predicted molar refractivity (Wildman–Crippen MR) is 90.2 cm³/mol. The van der Waals surface area contributed by atoms with Crippen LogP contribution in [0.3, 0.4) is 0 Å². The number of piperazine rings is 1. The van der Waals surface area contributed by atoms with Gasteiger partial charge in [0.2, 0.25) is 0 Å². The fraction of sp³-hybridized carbons (Fsp3) is 0.353. The van der Waals surface area contributed by atoms with Crippen molar-refractivity contribution in [2.45, 2.75) is 6.54 Å². The van der Waals surface area contributed by atoms with Crippen molar-refractivity contribution in [2.24, 2.45) is 0 Å². The van der Waals surface area contributed by atoms with Gasteiger partial charge in [-0.2, -0.15) is 5.26 Å². The third-order valence-electron chi connectivity index (χ3n) is 3.91. The molecule has 0 bridgehead atoms. The average Bonchev–Trinajstić information content (AvgIpc) is 2.64. The highest BCUT2D eigenvalue weighted by Crippen LogP contribution is 2.16. The molecule has 1 aliphatic heterocycles. The first-order chi connectivity index (χ1) is 11.8. The van der Waals surface area contributed by atoms with Crippen LogP contribution in [0.1, 0.15) is 5.56 Å². The van der Waals surface area contributed by atoms with E-state index < -0.39 is 0 Å². The molecule has 1 N–H and O–H groups in total. The Labute approximate surface area is 140 Å². The van der Waals surface area contributed by atoms with Crippen LogP contribution in [0, 0.1) is 11.3 Å². The van der Waals surface area contributed by atoms with Crippen LogP contribution >= 0.6 is 0 Å². The van der Waals surface area contributed by atoms with Gasteiger partial charge in [-0.1, -0.05) is 12.1 Å². The van der Waals surface area contributed by atoms with Gasteiger partial charge in [-0.25, -0.2) is 4.98 Å². The summed E-state index contributed by atoms with van der Waals surface area (Å²) < 4.78 is 7.24. The lowest BCUT2D eigenvalue weighted by atomic mass is 10.2. The molecular formula is C17H19N5O2. The highest BCUT2D eigenvalue weighted by molar-refractivity contribution is 5.42. The summed E-state index contributed by atoms with van der Waals surface area (Å²) >= 11 is 0. The summed E-state index contributed by atoms with van der Waals surface area (Å²) in [6, 6.07) is 9.15. The average molecular weight is 325 g/mol. The van der Waals surface area contributed by atoms with Gasteiger partial charge in [0.25, 0.3) is 5.56 Å². The zero-order valence-electron chi connectivity index (χ0n) is 13.3. The molecule has 2 heterocycles. The molecule has 0 amide bonds. The molecule has 0 spiro atoms. The largest absolute Gasteiger partial charge is 0.490 e. The summed E-state index contributed by atoms with van der Waals surface area (Å²) in [7, 11) is 0. The first-order valence-corrected chi connectivity index (χ1v) is 7.92. The maximum Gasteiger partial charge on any atom is 0.293 e. The van der Waals surface area contributed by atoms with Crippen LogP contribution in [0.5, 0.6) is 5.75 Å². The summed E-state index contributed by atoms with van der Waals surface area (Å²) in [4.78, 5) is 18.8. The minimum atomic E-state index is -0.114. The second kappa shape index (κ2) is 7.62. The van der Waals surface area contributed by atoms with Crippen molar-refractivity contribution in [3.05, 3.63) is 52.6 Å². The molecule has 1 aliphatic rings. The molecule has 0 unspecified atom stereocenters. The van der Waals surface area contributed by atoms with E-state index in [1.165, 1.54) is 0 Å². The first-order valence-electron chi connectivity index (χ1n) is 7.92. The van der Waals surface area contributed by atoms with Crippen LogP contribution in [0.25, 0.3) is 0 Å². The van der Waals surface area contributed by atoms with Gasteiger partial charge in [0.15, 0.2) is 5.82 Å². The van der Waals surface area contributed by atoms with Crippen molar-refractivity contribution in [3.63, 3.8) is 0 Å². The highest BCUT2D eigenvalue weighted by atomic mass is 16.5. The minimum Gasteiger partial charge on any atom is -0.490 e. The third-order valence-corrected chi connectivity index (χ3v) is 3.91. The Balaban J connectivity index is 1.67. The number of nitrogens with zero attached hydrogens (tertiary/aromatic N) is 4. The van der Waals surface area contributed by atoms with Gasteiger partial charge in [0.1, 0.15) is 18.4 Å². The smallest absolute Gasteiger partial charge is 0.293 e. The summed E-state index contributed by atoms with van der Waals surface area (Å²) in [5.41, 5.74) is 0.373. The molecule has 1 aromatic heterocycles. The molecule has 24 heavy (non-hydrogen) atoms. The molecule has 3 rings (SSSR count). The molecule has 1 fully saturated rings. The van der Waals surface area contributed by atoms with Crippen molar-refractivity contribution in [1.82, 2.24) is 14.9 Å². The summed E-state index contributed by atoms with van der Waals surface area (Å²) in [6.07, 6.45) is 3.30.